The van der Waals surface area contributed by atoms with Crippen LogP contribution in [0.25, 0.3) is 105 Å². The van der Waals surface area contributed by atoms with E-state index in [0.29, 0.717) is 0 Å². The average molecular weight is 1130 g/mol. The second kappa shape index (κ2) is 20.2. The molecule has 0 bridgehead atoms. The molecule has 2 aliphatic carbocycles. The smallest absolute Gasteiger partial charge is 0.159 e. The number of fused-ring (bicyclic) bond motifs is 17. The van der Waals surface area contributed by atoms with Gasteiger partial charge in [-0.05, 0) is 175 Å². The Morgan fingerprint density at radius 1 is 0.281 bits per heavy atom. The molecule has 0 atom stereocenters. The molecule has 0 aliphatic heterocycles. The SMILES string of the molecule is c1ccc(-c2ccc(N(c3ccccc3)c3cc(-c4ccc5c(c4)c4c6c(ccc4n5-c4ccccc4)C4(c5ccccc5-c5ccccc54)c4ccccc4-6)cc(N(c4ccc(-c5ccccc5)cc4)c4cccc5c4oc4ccccc45)c3)cc2)cc1. The highest BCUT2D eigenvalue weighted by molar-refractivity contribution is 6.20. The summed E-state index contributed by atoms with van der Waals surface area (Å²) in [6, 6.07) is 122. The molecule has 2 heterocycles. The van der Waals surface area contributed by atoms with Gasteiger partial charge in [0.25, 0.3) is 0 Å². The van der Waals surface area contributed by atoms with E-state index in [9.17, 15) is 0 Å². The number of hydrogen-bond acceptors (Lipinski definition) is 3. The van der Waals surface area contributed by atoms with Gasteiger partial charge in [-0.15, -0.1) is 0 Å². The third kappa shape index (κ3) is 7.80. The van der Waals surface area contributed by atoms with Gasteiger partial charge in [0, 0.05) is 55.7 Å². The number of furan rings is 1. The quantitative estimate of drug-likeness (QED) is 0.136. The van der Waals surface area contributed by atoms with Gasteiger partial charge in [-0.1, -0.05) is 237 Å². The van der Waals surface area contributed by atoms with Crippen molar-refractivity contribution in [1.82, 2.24) is 4.57 Å². The average Bonchev–Trinajstić information content (AvgIpc) is 1.52. The first-order valence-corrected chi connectivity index (χ1v) is 30.6. The van der Waals surface area contributed by atoms with Gasteiger partial charge >= 0.3 is 0 Å². The molecule has 0 N–H and O–H groups in total. The van der Waals surface area contributed by atoms with Crippen molar-refractivity contribution in [1.29, 1.82) is 0 Å². The number of hydrogen-bond donors (Lipinski definition) is 0. The Balaban J connectivity index is 0.920. The standard InChI is InChI=1S/C85H55N3O/c1-5-22-56(23-6-1)58-40-45-64(46-41-58)86(62-26-9-3-10-27-62)66-52-61(53-67(55-66)87(65-47-42-59(43-48-65)57-24-7-2-8-25-57)80-38-21-34-71-70-32-16-20-39-81(70)89-84(71)80)60-44-50-78-73(54-60)83-79(88(78)63-28-11-4-12-29-63)51-49-77-82(83)72-33-15-19-37-76(72)85(77)74-35-17-13-30-68(74)69-31-14-18-36-75(69)85/h1-55H. The summed E-state index contributed by atoms with van der Waals surface area (Å²) in [6.07, 6.45) is 0. The van der Waals surface area contributed by atoms with Crippen LogP contribution in [0.15, 0.2) is 338 Å². The minimum Gasteiger partial charge on any atom is -0.454 e. The highest BCUT2D eigenvalue weighted by atomic mass is 16.3. The minimum absolute atomic E-state index is 0.499. The van der Waals surface area contributed by atoms with Crippen molar-refractivity contribution in [2.75, 3.05) is 9.80 Å². The van der Waals surface area contributed by atoms with E-state index in [1.54, 1.807) is 0 Å². The zero-order chi connectivity index (χ0) is 58.6. The number of benzene rings is 14. The first kappa shape index (κ1) is 50.6. The van der Waals surface area contributed by atoms with Crippen molar-refractivity contribution in [3.63, 3.8) is 0 Å². The summed E-state index contributed by atoms with van der Waals surface area (Å²) in [7, 11) is 0. The minimum atomic E-state index is -0.499. The third-order valence-corrected chi connectivity index (χ3v) is 18.8. The van der Waals surface area contributed by atoms with Crippen molar-refractivity contribution in [3.8, 4) is 61.3 Å². The molecule has 14 aromatic carbocycles. The second-order valence-electron chi connectivity index (χ2n) is 23.5. The monoisotopic (exact) mass is 1130 g/mol. The molecule has 0 radical (unpaired) electrons. The first-order chi connectivity index (χ1) is 44.2. The molecule has 2 aromatic heterocycles. The van der Waals surface area contributed by atoms with Gasteiger partial charge in [0.2, 0.25) is 0 Å². The number of nitrogens with zero attached hydrogens (tertiary/aromatic N) is 3. The largest absolute Gasteiger partial charge is 0.454 e. The van der Waals surface area contributed by atoms with Crippen LogP contribution in [0.1, 0.15) is 22.3 Å². The van der Waals surface area contributed by atoms with Gasteiger partial charge in [-0.3, -0.25) is 0 Å². The van der Waals surface area contributed by atoms with Crippen LogP contribution in [0.3, 0.4) is 0 Å². The molecule has 2 aliphatic rings. The van der Waals surface area contributed by atoms with Gasteiger partial charge in [0.05, 0.1) is 22.1 Å². The maximum atomic E-state index is 6.99. The maximum absolute atomic E-state index is 6.99. The molecular weight excluding hydrogens is 1080 g/mol. The predicted octanol–water partition coefficient (Wildman–Crippen LogP) is 23.0. The van der Waals surface area contributed by atoms with E-state index in [1.807, 2.05) is 0 Å². The number of anilines is 6. The van der Waals surface area contributed by atoms with Crippen molar-refractivity contribution >= 4 is 77.9 Å². The van der Waals surface area contributed by atoms with E-state index in [2.05, 4.69) is 348 Å². The van der Waals surface area contributed by atoms with Crippen LogP contribution in [0.2, 0.25) is 0 Å². The summed E-state index contributed by atoms with van der Waals surface area (Å²) in [4.78, 5) is 4.80. The molecule has 0 unspecified atom stereocenters. The molecule has 1 spiro atoms. The molecule has 0 fully saturated rings. The van der Waals surface area contributed by atoms with Crippen LogP contribution in [0, 0.1) is 0 Å². The third-order valence-electron chi connectivity index (χ3n) is 18.8. The zero-order valence-electron chi connectivity index (χ0n) is 48.5. The summed E-state index contributed by atoms with van der Waals surface area (Å²) in [5.41, 5.74) is 27.8. The predicted molar refractivity (Wildman–Crippen MR) is 370 cm³/mol. The molecule has 4 nitrogen and oxygen atoms in total. The fourth-order valence-electron chi connectivity index (χ4n) is 15.0. The van der Waals surface area contributed by atoms with E-state index in [0.717, 1.165) is 95.1 Å². The number of aromatic nitrogens is 1. The van der Waals surface area contributed by atoms with Crippen molar-refractivity contribution in [2.24, 2.45) is 0 Å². The Kier molecular flexibility index (Phi) is 11.5. The number of rotatable bonds is 10. The Bertz CT molecular complexity index is 5370. The van der Waals surface area contributed by atoms with Gasteiger partial charge in [-0.25, -0.2) is 0 Å². The maximum Gasteiger partial charge on any atom is 0.159 e. The lowest BCUT2D eigenvalue weighted by molar-refractivity contribution is 0.669. The zero-order valence-corrected chi connectivity index (χ0v) is 48.5. The molecule has 89 heavy (non-hydrogen) atoms. The molecule has 4 heteroatoms. The summed E-state index contributed by atoms with van der Waals surface area (Å²) < 4.78 is 9.47. The van der Waals surface area contributed by atoms with E-state index < -0.39 is 5.41 Å². The van der Waals surface area contributed by atoms with Gasteiger partial charge in [-0.2, -0.15) is 0 Å². The van der Waals surface area contributed by atoms with Crippen molar-refractivity contribution < 1.29 is 4.42 Å². The highest BCUT2D eigenvalue weighted by Gasteiger charge is 2.52. The van der Waals surface area contributed by atoms with Crippen molar-refractivity contribution in [3.05, 3.63) is 356 Å². The first-order valence-electron chi connectivity index (χ1n) is 30.6. The van der Waals surface area contributed by atoms with E-state index in [1.165, 1.54) is 66.4 Å². The van der Waals surface area contributed by atoms with Gasteiger partial charge < -0.3 is 18.8 Å². The molecule has 0 saturated carbocycles. The normalized spacial score (nSPS) is 12.6. The van der Waals surface area contributed by atoms with Crippen LogP contribution in [-0.4, -0.2) is 4.57 Å². The van der Waals surface area contributed by atoms with E-state index in [-0.39, 0.29) is 0 Å². The summed E-state index contributed by atoms with van der Waals surface area (Å²) in [5.74, 6) is 0. The Labute approximate surface area is 516 Å². The lowest BCUT2D eigenvalue weighted by Gasteiger charge is -2.30. The van der Waals surface area contributed by atoms with Crippen LogP contribution < -0.4 is 9.80 Å². The van der Waals surface area contributed by atoms with Crippen LogP contribution in [0.4, 0.5) is 34.1 Å². The summed E-state index contributed by atoms with van der Waals surface area (Å²) in [5, 5.41) is 4.57. The fraction of sp³-hybridized carbons (Fsp3) is 0.0118. The molecule has 18 rings (SSSR count). The summed E-state index contributed by atoms with van der Waals surface area (Å²) >= 11 is 0. The Hall–Kier alpha value is -11.7. The van der Waals surface area contributed by atoms with E-state index >= 15 is 0 Å². The van der Waals surface area contributed by atoms with Gasteiger partial charge in [0.1, 0.15) is 5.58 Å². The highest BCUT2D eigenvalue weighted by Crippen LogP contribution is 2.64. The second-order valence-corrected chi connectivity index (χ2v) is 23.5. The number of para-hydroxylation sites is 4. The summed E-state index contributed by atoms with van der Waals surface area (Å²) in [6.45, 7) is 0. The molecule has 16 aromatic rings. The topological polar surface area (TPSA) is 24.6 Å². The van der Waals surface area contributed by atoms with Crippen molar-refractivity contribution in [2.45, 2.75) is 5.41 Å². The molecule has 416 valence electrons. The van der Waals surface area contributed by atoms with E-state index in [4.69, 9.17) is 4.42 Å². The lowest BCUT2D eigenvalue weighted by Crippen LogP contribution is -2.25. The Morgan fingerprint density at radius 2 is 0.764 bits per heavy atom. The molecular formula is C85H55N3O. The van der Waals surface area contributed by atoms with Crippen LogP contribution >= 0.6 is 0 Å². The van der Waals surface area contributed by atoms with Gasteiger partial charge in [0.15, 0.2) is 5.58 Å². The fourth-order valence-corrected chi connectivity index (χ4v) is 15.0. The van der Waals surface area contributed by atoms with Crippen LogP contribution in [-0.2, 0) is 5.41 Å². The molecule has 0 saturated heterocycles. The Morgan fingerprint density at radius 3 is 1.42 bits per heavy atom. The van der Waals surface area contributed by atoms with Crippen LogP contribution in [0.5, 0.6) is 0 Å². The lowest BCUT2D eigenvalue weighted by atomic mass is 9.70. The molecule has 0 amide bonds.